The van der Waals surface area contributed by atoms with E-state index in [0.717, 1.165) is 0 Å². The highest BCUT2D eigenvalue weighted by Gasteiger charge is 2.27. The Kier molecular flexibility index (Phi) is 1.80. The van der Waals surface area contributed by atoms with Crippen molar-refractivity contribution in [2.24, 2.45) is 0 Å². The number of nitrogens with zero attached hydrogens (tertiary/aromatic N) is 3. The number of halogens is 1. The van der Waals surface area contributed by atoms with Crippen LogP contribution in [-0.4, -0.2) is 34.3 Å². The van der Waals surface area contributed by atoms with Gasteiger partial charge in [-0.25, -0.2) is 4.39 Å². The fourth-order valence-electron chi connectivity index (χ4n) is 1.23. The van der Waals surface area contributed by atoms with E-state index >= 15 is 0 Å². The lowest BCUT2D eigenvalue weighted by molar-refractivity contribution is 0.0502. The number of aryl methyl sites for hydroxylation is 1. The highest BCUT2D eigenvalue weighted by Crippen LogP contribution is 2.13. The van der Waals surface area contributed by atoms with Crippen LogP contribution in [0.3, 0.4) is 0 Å². The number of aromatic nitrogens is 2. The average molecular weight is 171 g/mol. The van der Waals surface area contributed by atoms with Crippen molar-refractivity contribution in [3.8, 4) is 0 Å². The van der Waals surface area contributed by atoms with E-state index in [2.05, 4.69) is 10.1 Å². The smallest absolute Gasteiger partial charge is 0.240 e. The Balaban J connectivity index is 1.88. The van der Waals surface area contributed by atoms with Gasteiger partial charge < -0.3 is 4.52 Å². The van der Waals surface area contributed by atoms with Gasteiger partial charge in [-0.15, -0.1) is 0 Å². The van der Waals surface area contributed by atoms with Gasteiger partial charge in [0.05, 0.1) is 6.54 Å². The third kappa shape index (κ3) is 1.45. The first-order valence-corrected chi connectivity index (χ1v) is 3.89. The Morgan fingerprint density at radius 1 is 1.67 bits per heavy atom. The number of likely N-dealkylation sites (tertiary alicyclic amines) is 1. The first-order valence-electron chi connectivity index (χ1n) is 3.89. The summed E-state index contributed by atoms with van der Waals surface area (Å²) in [5.74, 6) is 1.20. The van der Waals surface area contributed by atoms with Gasteiger partial charge in [0.1, 0.15) is 6.17 Å². The Bertz CT molecular complexity index is 269. The van der Waals surface area contributed by atoms with Crippen LogP contribution in [0, 0.1) is 6.92 Å². The molecule has 0 aliphatic carbocycles. The summed E-state index contributed by atoms with van der Waals surface area (Å²) < 4.78 is 17.2. The van der Waals surface area contributed by atoms with E-state index in [4.69, 9.17) is 4.52 Å². The van der Waals surface area contributed by atoms with Crippen molar-refractivity contribution >= 4 is 0 Å². The zero-order chi connectivity index (χ0) is 8.55. The molecule has 1 aromatic rings. The van der Waals surface area contributed by atoms with Crippen molar-refractivity contribution in [1.29, 1.82) is 0 Å². The number of hydrogen-bond acceptors (Lipinski definition) is 4. The summed E-state index contributed by atoms with van der Waals surface area (Å²) in [6, 6.07) is 0. The molecule has 1 fully saturated rings. The number of alkyl halides is 1. The maximum atomic E-state index is 12.4. The second-order valence-electron chi connectivity index (χ2n) is 3.03. The van der Waals surface area contributed by atoms with E-state index in [1.54, 1.807) is 6.92 Å². The van der Waals surface area contributed by atoms with Crippen LogP contribution in [0.1, 0.15) is 11.7 Å². The molecular weight excluding hydrogens is 161 g/mol. The van der Waals surface area contributed by atoms with Gasteiger partial charge in [-0.1, -0.05) is 5.16 Å². The lowest BCUT2D eigenvalue weighted by Gasteiger charge is -2.32. The summed E-state index contributed by atoms with van der Waals surface area (Å²) in [7, 11) is 0. The number of hydrogen-bond donors (Lipinski definition) is 0. The summed E-state index contributed by atoms with van der Waals surface area (Å²) in [6.45, 7) is 3.31. The molecule has 0 saturated carbocycles. The van der Waals surface area contributed by atoms with Gasteiger partial charge in [0.15, 0.2) is 5.82 Å². The predicted molar refractivity (Wildman–Crippen MR) is 39.2 cm³/mol. The molecule has 1 aromatic heterocycles. The van der Waals surface area contributed by atoms with Crippen molar-refractivity contribution in [2.75, 3.05) is 13.1 Å². The van der Waals surface area contributed by atoms with Crippen LogP contribution in [0.2, 0.25) is 0 Å². The lowest BCUT2D eigenvalue weighted by atomic mass is 10.2. The third-order valence-electron chi connectivity index (χ3n) is 1.84. The van der Waals surface area contributed by atoms with Crippen LogP contribution in [-0.2, 0) is 6.54 Å². The van der Waals surface area contributed by atoms with Crippen molar-refractivity contribution < 1.29 is 8.91 Å². The summed E-state index contributed by atoms with van der Waals surface area (Å²) in [5.41, 5.74) is 0. The van der Waals surface area contributed by atoms with Crippen molar-refractivity contribution in [2.45, 2.75) is 19.6 Å². The molecule has 2 rings (SSSR count). The summed E-state index contributed by atoms with van der Waals surface area (Å²) >= 11 is 0. The van der Waals surface area contributed by atoms with Crippen LogP contribution >= 0.6 is 0 Å². The third-order valence-corrected chi connectivity index (χ3v) is 1.84. The van der Waals surface area contributed by atoms with E-state index in [-0.39, 0.29) is 0 Å². The lowest BCUT2D eigenvalue weighted by Crippen LogP contribution is -2.47. The minimum Gasteiger partial charge on any atom is -0.338 e. The zero-order valence-corrected chi connectivity index (χ0v) is 6.83. The Morgan fingerprint density at radius 2 is 2.42 bits per heavy atom. The largest absolute Gasteiger partial charge is 0.338 e. The van der Waals surface area contributed by atoms with Crippen LogP contribution in [0.15, 0.2) is 4.52 Å². The molecule has 0 radical (unpaired) electrons. The van der Waals surface area contributed by atoms with Gasteiger partial charge in [0, 0.05) is 13.1 Å². The maximum Gasteiger partial charge on any atom is 0.240 e. The molecule has 0 N–H and O–H groups in total. The fourth-order valence-corrected chi connectivity index (χ4v) is 1.23. The van der Waals surface area contributed by atoms with E-state index in [1.165, 1.54) is 0 Å². The fraction of sp³-hybridized carbons (Fsp3) is 0.714. The Hall–Kier alpha value is -0.970. The quantitative estimate of drug-likeness (QED) is 0.651. The second-order valence-corrected chi connectivity index (χ2v) is 3.03. The summed E-state index contributed by atoms with van der Waals surface area (Å²) in [6.07, 6.45) is -0.672. The molecule has 4 nitrogen and oxygen atoms in total. The first kappa shape index (κ1) is 7.67. The Labute approximate surface area is 69.4 Å². The van der Waals surface area contributed by atoms with Gasteiger partial charge in [0.2, 0.25) is 5.89 Å². The van der Waals surface area contributed by atoms with Gasteiger partial charge in [-0.3, -0.25) is 4.90 Å². The molecule has 66 valence electrons. The summed E-state index contributed by atoms with van der Waals surface area (Å²) in [5, 5.41) is 3.64. The molecule has 0 atom stereocenters. The Morgan fingerprint density at radius 3 is 2.92 bits per heavy atom. The predicted octanol–water partition coefficient (Wildman–Crippen LogP) is 0.532. The van der Waals surface area contributed by atoms with Gasteiger partial charge >= 0.3 is 0 Å². The zero-order valence-electron chi connectivity index (χ0n) is 6.83. The molecule has 1 aliphatic heterocycles. The van der Waals surface area contributed by atoms with Crippen LogP contribution in [0.4, 0.5) is 4.39 Å². The highest BCUT2D eigenvalue weighted by molar-refractivity contribution is 4.87. The summed E-state index contributed by atoms with van der Waals surface area (Å²) in [4.78, 5) is 5.94. The van der Waals surface area contributed by atoms with E-state index in [0.29, 0.717) is 31.3 Å². The van der Waals surface area contributed by atoms with Crippen molar-refractivity contribution in [3.63, 3.8) is 0 Å². The number of rotatable bonds is 2. The van der Waals surface area contributed by atoms with E-state index in [1.807, 2.05) is 4.90 Å². The minimum absolute atomic E-state index is 0.488. The first-order chi connectivity index (χ1) is 5.74. The van der Waals surface area contributed by atoms with Crippen LogP contribution in [0.5, 0.6) is 0 Å². The maximum absolute atomic E-state index is 12.4. The molecule has 12 heavy (non-hydrogen) atoms. The molecule has 2 heterocycles. The normalized spacial score (nSPS) is 19.5. The van der Waals surface area contributed by atoms with Gasteiger partial charge in [-0.05, 0) is 6.92 Å². The SMILES string of the molecule is Cc1noc(CN2CC(F)C2)n1. The highest BCUT2D eigenvalue weighted by atomic mass is 19.1. The van der Waals surface area contributed by atoms with Crippen molar-refractivity contribution in [3.05, 3.63) is 11.7 Å². The van der Waals surface area contributed by atoms with E-state index in [9.17, 15) is 4.39 Å². The molecule has 0 spiro atoms. The molecule has 1 saturated heterocycles. The average Bonchev–Trinajstić information content (AvgIpc) is 2.33. The molecule has 5 heteroatoms. The molecule has 1 aliphatic rings. The van der Waals surface area contributed by atoms with Gasteiger partial charge in [-0.2, -0.15) is 4.98 Å². The minimum atomic E-state index is -0.672. The molecule has 0 unspecified atom stereocenters. The van der Waals surface area contributed by atoms with Crippen LogP contribution < -0.4 is 0 Å². The van der Waals surface area contributed by atoms with Crippen molar-refractivity contribution in [1.82, 2.24) is 15.0 Å². The molecule has 0 bridgehead atoms. The molecular formula is C7H10FN3O. The van der Waals surface area contributed by atoms with Gasteiger partial charge in [0.25, 0.3) is 0 Å². The van der Waals surface area contributed by atoms with Crippen LogP contribution in [0.25, 0.3) is 0 Å². The topological polar surface area (TPSA) is 42.2 Å². The standard InChI is InChI=1S/C7H10FN3O/c1-5-9-7(12-10-5)4-11-2-6(8)3-11/h6H,2-4H2,1H3. The second kappa shape index (κ2) is 2.82. The molecule has 0 amide bonds. The molecule has 0 aromatic carbocycles. The van der Waals surface area contributed by atoms with E-state index < -0.39 is 6.17 Å². The monoisotopic (exact) mass is 171 g/mol.